The summed E-state index contributed by atoms with van der Waals surface area (Å²) >= 11 is 5.79. The fourth-order valence-electron chi connectivity index (χ4n) is 1.93. The van der Waals surface area contributed by atoms with Gasteiger partial charge in [-0.15, -0.1) is 13.2 Å². The predicted octanol–water partition coefficient (Wildman–Crippen LogP) is 4.89. The second kappa shape index (κ2) is 8.76. The number of carbonyl (C=O) groups excluding carboxylic acids is 1. The fourth-order valence-corrected chi connectivity index (χ4v) is 2.15. The lowest BCUT2D eigenvalue weighted by Gasteiger charge is -2.11. The SMILES string of the molecule is O=C(CNc1ccc(OC(F)F)c(Cl)c1)Nc1ccc(OC(F)(F)F)cc1. The van der Waals surface area contributed by atoms with Gasteiger partial charge in [0.05, 0.1) is 11.6 Å². The molecule has 5 nitrogen and oxygen atoms in total. The quantitative estimate of drug-likeness (QED) is 0.638. The van der Waals surface area contributed by atoms with Crippen molar-refractivity contribution in [2.75, 3.05) is 17.2 Å². The predicted molar refractivity (Wildman–Crippen MR) is 88.3 cm³/mol. The maximum absolute atomic E-state index is 12.2. The molecule has 2 aromatic carbocycles. The number of amides is 1. The molecule has 0 aliphatic carbocycles. The van der Waals surface area contributed by atoms with Crippen LogP contribution in [0, 0.1) is 0 Å². The number of halogens is 6. The van der Waals surface area contributed by atoms with Gasteiger partial charge in [0, 0.05) is 11.4 Å². The topological polar surface area (TPSA) is 59.6 Å². The zero-order valence-corrected chi connectivity index (χ0v) is 14.1. The van der Waals surface area contributed by atoms with Crippen molar-refractivity contribution in [3.05, 3.63) is 47.5 Å². The molecule has 0 heterocycles. The third-order valence-corrected chi connectivity index (χ3v) is 3.27. The molecular formula is C16H12ClF5N2O3. The van der Waals surface area contributed by atoms with Crippen LogP contribution < -0.4 is 20.1 Å². The molecule has 2 rings (SSSR count). The molecule has 0 aliphatic heterocycles. The second-order valence-electron chi connectivity index (χ2n) is 5.00. The van der Waals surface area contributed by atoms with E-state index in [1.54, 1.807) is 0 Å². The normalized spacial score (nSPS) is 11.2. The van der Waals surface area contributed by atoms with Crippen LogP contribution in [0.5, 0.6) is 11.5 Å². The third-order valence-electron chi connectivity index (χ3n) is 2.97. The number of alkyl halides is 5. The van der Waals surface area contributed by atoms with Gasteiger partial charge >= 0.3 is 13.0 Å². The summed E-state index contributed by atoms with van der Waals surface area (Å²) in [5.41, 5.74) is 0.640. The van der Waals surface area contributed by atoms with Crippen LogP contribution in [0.1, 0.15) is 0 Å². The molecule has 0 radical (unpaired) electrons. The van der Waals surface area contributed by atoms with Crippen LogP contribution in [-0.2, 0) is 4.79 Å². The van der Waals surface area contributed by atoms with E-state index in [-0.39, 0.29) is 23.0 Å². The van der Waals surface area contributed by atoms with Gasteiger partial charge in [-0.05, 0) is 42.5 Å². The highest BCUT2D eigenvalue weighted by molar-refractivity contribution is 6.32. The van der Waals surface area contributed by atoms with E-state index in [0.717, 1.165) is 12.1 Å². The van der Waals surface area contributed by atoms with Gasteiger partial charge in [0.1, 0.15) is 11.5 Å². The summed E-state index contributed by atoms with van der Waals surface area (Å²) in [7, 11) is 0. The average Bonchev–Trinajstić information content (AvgIpc) is 2.55. The van der Waals surface area contributed by atoms with Crippen molar-refractivity contribution in [3.8, 4) is 11.5 Å². The van der Waals surface area contributed by atoms with Crippen molar-refractivity contribution >= 4 is 28.9 Å². The summed E-state index contributed by atoms with van der Waals surface area (Å²) in [6.45, 7) is -3.22. The van der Waals surface area contributed by atoms with Crippen LogP contribution in [0.15, 0.2) is 42.5 Å². The number of nitrogens with one attached hydrogen (secondary N) is 2. The van der Waals surface area contributed by atoms with E-state index >= 15 is 0 Å². The number of ether oxygens (including phenoxy) is 2. The maximum Gasteiger partial charge on any atom is 0.573 e. The Morgan fingerprint density at radius 2 is 1.70 bits per heavy atom. The van der Waals surface area contributed by atoms with E-state index < -0.39 is 24.6 Å². The van der Waals surface area contributed by atoms with Gasteiger partial charge < -0.3 is 20.1 Å². The molecule has 27 heavy (non-hydrogen) atoms. The Morgan fingerprint density at radius 3 is 2.26 bits per heavy atom. The number of rotatable bonds is 7. The highest BCUT2D eigenvalue weighted by atomic mass is 35.5. The van der Waals surface area contributed by atoms with Crippen LogP contribution in [0.3, 0.4) is 0 Å². The molecule has 2 N–H and O–H groups in total. The molecule has 0 spiro atoms. The van der Waals surface area contributed by atoms with Gasteiger partial charge in [-0.1, -0.05) is 11.6 Å². The van der Waals surface area contributed by atoms with E-state index in [4.69, 9.17) is 11.6 Å². The van der Waals surface area contributed by atoms with Crippen LogP contribution in [0.4, 0.5) is 33.3 Å². The number of anilines is 2. The molecule has 0 bridgehead atoms. The first-order valence-electron chi connectivity index (χ1n) is 7.26. The van der Waals surface area contributed by atoms with Crippen molar-refractivity contribution in [2.45, 2.75) is 13.0 Å². The summed E-state index contributed by atoms with van der Waals surface area (Å²) < 4.78 is 68.4. The third kappa shape index (κ3) is 7.18. The molecule has 146 valence electrons. The first-order chi connectivity index (χ1) is 12.6. The fraction of sp³-hybridized carbons (Fsp3) is 0.188. The number of carbonyl (C=O) groups is 1. The second-order valence-corrected chi connectivity index (χ2v) is 5.40. The van der Waals surface area contributed by atoms with Gasteiger partial charge in [-0.2, -0.15) is 8.78 Å². The molecule has 1 amide bonds. The Labute approximate surface area is 155 Å². The summed E-state index contributed by atoms with van der Waals surface area (Å²) in [4.78, 5) is 11.9. The lowest BCUT2D eigenvalue weighted by atomic mass is 10.3. The minimum Gasteiger partial charge on any atom is -0.433 e. The van der Waals surface area contributed by atoms with Crippen molar-refractivity contribution in [2.24, 2.45) is 0 Å². The molecule has 0 fully saturated rings. The molecule has 2 aromatic rings. The molecule has 0 unspecified atom stereocenters. The Bertz CT molecular complexity index is 785. The Kier molecular flexibility index (Phi) is 6.67. The Morgan fingerprint density at radius 1 is 1.07 bits per heavy atom. The summed E-state index contributed by atoms with van der Waals surface area (Å²) in [5.74, 6) is -1.12. The summed E-state index contributed by atoms with van der Waals surface area (Å²) in [6, 6.07) is 8.50. The summed E-state index contributed by atoms with van der Waals surface area (Å²) in [6.07, 6.45) is -4.80. The number of hydrogen-bond donors (Lipinski definition) is 2. The first kappa shape index (κ1) is 20.6. The molecule has 0 atom stereocenters. The van der Waals surface area contributed by atoms with E-state index in [0.29, 0.717) is 5.69 Å². The van der Waals surface area contributed by atoms with E-state index in [1.807, 2.05) is 0 Å². The zero-order valence-electron chi connectivity index (χ0n) is 13.3. The van der Waals surface area contributed by atoms with Crippen LogP contribution in [0.2, 0.25) is 5.02 Å². The Hall–Kier alpha value is -2.75. The summed E-state index contributed by atoms with van der Waals surface area (Å²) in [5, 5.41) is 5.11. The van der Waals surface area contributed by atoms with Gasteiger partial charge in [-0.3, -0.25) is 4.79 Å². The van der Waals surface area contributed by atoms with Gasteiger partial charge in [0.2, 0.25) is 5.91 Å². The highest BCUT2D eigenvalue weighted by Crippen LogP contribution is 2.29. The molecule has 0 aliphatic rings. The lowest BCUT2D eigenvalue weighted by Crippen LogP contribution is -2.21. The largest absolute Gasteiger partial charge is 0.573 e. The van der Waals surface area contributed by atoms with Crippen LogP contribution in [0.25, 0.3) is 0 Å². The van der Waals surface area contributed by atoms with Crippen molar-refractivity contribution in [3.63, 3.8) is 0 Å². The number of hydrogen-bond acceptors (Lipinski definition) is 4. The highest BCUT2D eigenvalue weighted by Gasteiger charge is 2.30. The minimum atomic E-state index is -4.80. The van der Waals surface area contributed by atoms with Gasteiger partial charge in [-0.25, -0.2) is 0 Å². The average molecular weight is 411 g/mol. The smallest absolute Gasteiger partial charge is 0.433 e. The lowest BCUT2D eigenvalue weighted by molar-refractivity contribution is -0.274. The molecule has 0 saturated heterocycles. The molecule has 11 heteroatoms. The van der Waals surface area contributed by atoms with Crippen molar-refractivity contribution in [1.29, 1.82) is 0 Å². The van der Waals surface area contributed by atoms with Crippen molar-refractivity contribution in [1.82, 2.24) is 0 Å². The van der Waals surface area contributed by atoms with E-state index in [1.165, 1.54) is 30.3 Å². The molecule has 0 aromatic heterocycles. The van der Waals surface area contributed by atoms with E-state index in [2.05, 4.69) is 20.1 Å². The Balaban J connectivity index is 1.86. The van der Waals surface area contributed by atoms with Gasteiger partial charge in [0.15, 0.2) is 0 Å². The standard InChI is InChI=1S/C16H12ClF5N2O3/c17-12-7-10(3-6-13(12)26-15(18)19)23-8-14(25)24-9-1-4-11(5-2-9)27-16(20,21)22/h1-7,15,23H,8H2,(H,24,25). The van der Waals surface area contributed by atoms with Gasteiger partial charge in [0.25, 0.3) is 0 Å². The maximum atomic E-state index is 12.2. The monoisotopic (exact) mass is 410 g/mol. The van der Waals surface area contributed by atoms with E-state index in [9.17, 15) is 26.7 Å². The zero-order chi connectivity index (χ0) is 20.0. The van der Waals surface area contributed by atoms with Crippen molar-refractivity contribution < 1.29 is 36.2 Å². The van der Waals surface area contributed by atoms with Crippen LogP contribution in [-0.4, -0.2) is 25.4 Å². The first-order valence-corrected chi connectivity index (χ1v) is 7.64. The van der Waals surface area contributed by atoms with Crippen LogP contribution >= 0.6 is 11.6 Å². The number of benzene rings is 2. The molecular weight excluding hydrogens is 399 g/mol. The molecule has 0 saturated carbocycles. The minimum absolute atomic E-state index is 0.0686.